The predicted molar refractivity (Wildman–Crippen MR) is 129 cm³/mol. The average Bonchev–Trinajstić information content (AvgIpc) is 3.32. The van der Waals surface area contributed by atoms with Crippen molar-refractivity contribution in [1.82, 2.24) is 24.6 Å². The molecule has 178 valence electrons. The van der Waals surface area contributed by atoms with Crippen molar-refractivity contribution >= 4 is 28.4 Å². The van der Waals surface area contributed by atoms with Crippen molar-refractivity contribution in [1.29, 1.82) is 5.26 Å². The Morgan fingerprint density at radius 1 is 1.15 bits per heavy atom. The summed E-state index contributed by atoms with van der Waals surface area (Å²) in [4.78, 5) is 12.0. The maximum atomic E-state index is 9.39. The average molecular weight is 463 g/mol. The van der Waals surface area contributed by atoms with Crippen LogP contribution in [0.5, 0.6) is 0 Å². The number of hydrogen-bond acceptors (Lipinski definition) is 9. The zero-order valence-electron chi connectivity index (χ0n) is 19.2. The summed E-state index contributed by atoms with van der Waals surface area (Å²) < 4.78 is 7.17. The van der Waals surface area contributed by atoms with Crippen LogP contribution < -0.4 is 10.6 Å². The largest absolute Gasteiger partial charge is 0.394 e. The quantitative estimate of drug-likeness (QED) is 0.486. The molecular weight excluding hydrogens is 432 g/mol. The Morgan fingerprint density at radius 2 is 1.97 bits per heavy atom. The van der Waals surface area contributed by atoms with E-state index in [1.807, 2.05) is 18.3 Å². The topological polar surface area (TPSA) is 124 Å². The second-order valence-electron chi connectivity index (χ2n) is 8.88. The molecule has 0 unspecified atom stereocenters. The molecule has 0 atom stereocenters. The molecule has 1 saturated heterocycles. The summed E-state index contributed by atoms with van der Waals surface area (Å²) in [5, 5.41) is 30.5. The highest BCUT2D eigenvalue weighted by atomic mass is 16.5. The molecule has 2 fully saturated rings. The number of aliphatic hydroxyl groups is 1. The van der Waals surface area contributed by atoms with E-state index >= 15 is 0 Å². The Hall–Kier alpha value is -3.26. The Labute approximate surface area is 198 Å². The normalized spacial score (nSPS) is 21.3. The Morgan fingerprint density at radius 3 is 2.74 bits per heavy atom. The molecule has 3 heterocycles. The Kier molecular flexibility index (Phi) is 6.85. The molecule has 1 aliphatic carbocycles. The summed E-state index contributed by atoms with van der Waals surface area (Å²) in [5.74, 6) is 1.20. The van der Waals surface area contributed by atoms with Crippen molar-refractivity contribution in [3.8, 4) is 6.07 Å². The van der Waals surface area contributed by atoms with Gasteiger partial charge in [-0.05, 0) is 43.9 Å². The summed E-state index contributed by atoms with van der Waals surface area (Å²) in [7, 11) is 0. The van der Waals surface area contributed by atoms with Crippen LogP contribution in [-0.4, -0.2) is 74.7 Å². The minimum Gasteiger partial charge on any atom is -0.394 e. The summed E-state index contributed by atoms with van der Waals surface area (Å²) in [6, 6.07) is 8.64. The molecular formula is C24H30N8O2. The number of morpholine rings is 1. The van der Waals surface area contributed by atoms with Gasteiger partial charge in [0.05, 0.1) is 55.4 Å². The van der Waals surface area contributed by atoms with Gasteiger partial charge < -0.3 is 20.5 Å². The molecule has 10 heteroatoms. The fourth-order valence-electron chi connectivity index (χ4n) is 4.87. The van der Waals surface area contributed by atoms with Crippen molar-refractivity contribution in [2.24, 2.45) is 0 Å². The van der Waals surface area contributed by atoms with Gasteiger partial charge in [0.15, 0.2) is 0 Å². The highest BCUT2D eigenvalue weighted by molar-refractivity contribution is 5.91. The van der Waals surface area contributed by atoms with Crippen molar-refractivity contribution < 1.29 is 9.84 Å². The second kappa shape index (κ2) is 10.3. The molecule has 10 nitrogen and oxygen atoms in total. The number of aliphatic hydroxyl groups excluding tert-OH is 1. The van der Waals surface area contributed by atoms with Crippen LogP contribution in [0.15, 0.2) is 30.6 Å². The summed E-state index contributed by atoms with van der Waals surface area (Å²) in [6.07, 6.45) is 7.94. The van der Waals surface area contributed by atoms with Crippen LogP contribution in [0.3, 0.4) is 0 Å². The SMILES string of the molecule is N#Cc1ccc2nc(Nc3cnn(CCO)c3)nc(NC3CCC(N4CCOCC4)CC3)c2c1. The van der Waals surface area contributed by atoms with Crippen molar-refractivity contribution in [3.05, 3.63) is 36.2 Å². The van der Waals surface area contributed by atoms with E-state index in [4.69, 9.17) is 14.8 Å². The van der Waals surface area contributed by atoms with E-state index in [1.165, 1.54) is 0 Å². The molecule has 0 radical (unpaired) electrons. The number of benzene rings is 1. The zero-order chi connectivity index (χ0) is 23.3. The number of hydrogen-bond donors (Lipinski definition) is 3. The third-order valence-corrected chi connectivity index (χ3v) is 6.64. The molecule has 2 aromatic heterocycles. The monoisotopic (exact) mass is 462 g/mol. The number of ether oxygens (including phenoxy) is 1. The van der Waals surface area contributed by atoms with Gasteiger partial charge in [-0.15, -0.1) is 0 Å². The van der Waals surface area contributed by atoms with E-state index in [0.717, 1.165) is 74.4 Å². The first-order valence-electron chi connectivity index (χ1n) is 11.9. The highest BCUT2D eigenvalue weighted by Gasteiger charge is 2.27. The lowest BCUT2D eigenvalue weighted by Crippen LogP contribution is -2.46. The molecule has 1 aliphatic heterocycles. The number of fused-ring (bicyclic) bond motifs is 1. The first-order chi connectivity index (χ1) is 16.7. The Bertz CT molecular complexity index is 1160. The molecule has 2 aliphatic rings. The van der Waals surface area contributed by atoms with Crippen LogP contribution in [0.4, 0.5) is 17.5 Å². The molecule has 5 rings (SSSR count). The minimum atomic E-state index is 0.0245. The highest BCUT2D eigenvalue weighted by Crippen LogP contribution is 2.30. The maximum Gasteiger partial charge on any atom is 0.229 e. The van der Waals surface area contributed by atoms with Gasteiger partial charge in [0.1, 0.15) is 5.82 Å². The lowest BCUT2D eigenvalue weighted by atomic mass is 9.90. The van der Waals surface area contributed by atoms with Gasteiger partial charge in [-0.1, -0.05) is 0 Å². The van der Waals surface area contributed by atoms with Gasteiger partial charge in [0, 0.05) is 36.8 Å². The third kappa shape index (κ3) is 5.12. The molecule has 0 spiro atoms. The van der Waals surface area contributed by atoms with Crippen molar-refractivity contribution in [2.45, 2.75) is 44.3 Å². The Balaban J connectivity index is 1.34. The standard InChI is InChI=1S/C24H30N8O2/c25-14-17-1-6-22-21(13-17)23(30-24(29-22)28-19-15-26-32(16-19)7-10-33)27-18-2-4-20(5-3-18)31-8-11-34-12-9-31/h1,6,13,15-16,18,20,33H,2-5,7-12H2,(H2,27,28,29,30). The van der Waals surface area contributed by atoms with Gasteiger partial charge in [-0.2, -0.15) is 15.3 Å². The van der Waals surface area contributed by atoms with E-state index in [9.17, 15) is 5.26 Å². The molecule has 3 aromatic rings. The maximum absolute atomic E-state index is 9.39. The van der Waals surface area contributed by atoms with Gasteiger partial charge in [0.25, 0.3) is 0 Å². The summed E-state index contributed by atoms with van der Waals surface area (Å²) in [6.45, 7) is 4.18. The zero-order valence-corrected chi connectivity index (χ0v) is 19.2. The fourth-order valence-corrected chi connectivity index (χ4v) is 4.87. The van der Waals surface area contributed by atoms with Gasteiger partial charge >= 0.3 is 0 Å². The van der Waals surface area contributed by atoms with Gasteiger partial charge in [-0.3, -0.25) is 9.58 Å². The van der Waals surface area contributed by atoms with Gasteiger partial charge in [0.2, 0.25) is 5.95 Å². The van der Waals surface area contributed by atoms with Crippen LogP contribution in [0, 0.1) is 11.3 Å². The van der Waals surface area contributed by atoms with Crippen LogP contribution in [0.1, 0.15) is 31.2 Å². The van der Waals surface area contributed by atoms with Crippen molar-refractivity contribution in [3.63, 3.8) is 0 Å². The third-order valence-electron chi connectivity index (χ3n) is 6.64. The first kappa shape index (κ1) is 22.5. The van der Waals surface area contributed by atoms with Crippen LogP contribution in [0.25, 0.3) is 10.9 Å². The number of nitriles is 1. The molecule has 1 saturated carbocycles. The summed E-state index contributed by atoms with van der Waals surface area (Å²) in [5.41, 5.74) is 2.10. The lowest BCUT2D eigenvalue weighted by Gasteiger charge is -2.39. The fraction of sp³-hybridized carbons (Fsp3) is 0.500. The molecule has 0 amide bonds. The van der Waals surface area contributed by atoms with E-state index in [1.54, 1.807) is 16.9 Å². The number of rotatable bonds is 7. The van der Waals surface area contributed by atoms with Crippen molar-refractivity contribution in [2.75, 3.05) is 43.5 Å². The number of nitrogens with one attached hydrogen (secondary N) is 2. The predicted octanol–water partition coefficient (Wildman–Crippen LogP) is 2.49. The van der Waals surface area contributed by atoms with E-state index in [-0.39, 0.29) is 6.61 Å². The van der Waals surface area contributed by atoms with Crippen LogP contribution in [-0.2, 0) is 11.3 Å². The van der Waals surface area contributed by atoms with Gasteiger partial charge in [-0.25, -0.2) is 4.98 Å². The number of aromatic nitrogens is 4. The second-order valence-corrected chi connectivity index (χ2v) is 8.88. The molecule has 0 bridgehead atoms. The minimum absolute atomic E-state index is 0.0245. The first-order valence-corrected chi connectivity index (χ1v) is 11.9. The molecule has 1 aromatic carbocycles. The summed E-state index contributed by atoms with van der Waals surface area (Å²) >= 11 is 0. The van der Waals surface area contributed by atoms with E-state index < -0.39 is 0 Å². The van der Waals surface area contributed by atoms with E-state index in [2.05, 4.69) is 31.7 Å². The molecule has 3 N–H and O–H groups in total. The van der Waals surface area contributed by atoms with Crippen LogP contribution in [0.2, 0.25) is 0 Å². The number of anilines is 3. The lowest BCUT2D eigenvalue weighted by molar-refractivity contribution is 0.00791. The van der Waals surface area contributed by atoms with Crippen LogP contribution >= 0.6 is 0 Å². The van der Waals surface area contributed by atoms with E-state index in [0.29, 0.717) is 30.1 Å². The number of nitrogens with zero attached hydrogens (tertiary/aromatic N) is 6. The smallest absolute Gasteiger partial charge is 0.229 e. The molecule has 34 heavy (non-hydrogen) atoms.